The Labute approximate surface area is 240 Å². The topological polar surface area (TPSA) is 157 Å². The number of benzene rings is 2. The van der Waals surface area contributed by atoms with E-state index in [0.717, 1.165) is 41.6 Å². The summed E-state index contributed by atoms with van der Waals surface area (Å²) >= 11 is 0. The molecule has 6 N–H and O–H groups in total. The lowest BCUT2D eigenvalue weighted by molar-refractivity contribution is -0.278. The molecule has 1 fully saturated rings. The molecule has 3 aromatic rings. The SMILES string of the molecule is CC(C)c1[nH]nc(O[C@@H]2O[C@H](CO)[C@@H](O)[C@H](O)[C@H]2O)c1Cc1ccc(CCCC(=O)NCCc2ccccc2)cc1. The molecule has 5 atom stereocenters. The number of aromatic amines is 1. The monoisotopic (exact) mass is 567 g/mol. The Morgan fingerprint density at radius 2 is 1.66 bits per heavy atom. The molecule has 0 bridgehead atoms. The molecule has 222 valence electrons. The van der Waals surface area contributed by atoms with E-state index in [2.05, 4.69) is 39.8 Å². The van der Waals surface area contributed by atoms with Crippen molar-refractivity contribution in [3.8, 4) is 5.88 Å². The second-order valence-corrected chi connectivity index (χ2v) is 10.8. The van der Waals surface area contributed by atoms with Crippen LogP contribution in [0.5, 0.6) is 5.88 Å². The molecule has 10 nitrogen and oxygen atoms in total. The fourth-order valence-electron chi connectivity index (χ4n) is 4.94. The minimum absolute atomic E-state index is 0.0608. The number of aryl methyl sites for hydroxylation is 1. The first-order valence-electron chi connectivity index (χ1n) is 14.2. The largest absolute Gasteiger partial charge is 0.443 e. The number of hydrogen-bond donors (Lipinski definition) is 6. The third-order valence-corrected chi connectivity index (χ3v) is 7.37. The zero-order valence-electron chi connectivity index (χ0n) is 23.6. The lowest BCUT2D eigenvalue weighted by atomic mass is 9.97. The maximum atomic E-state index is 12.2. The van der Waals surface area contributed by atoms with Crippen LogP contribution in [0.1, 0.15) is 60.6 Å². The molecule has 10 heteroatoms. The summed E-state index contributed by atoms with van der Waals surface area (Å²) in [6.07, 6.45) is -3.57. The minimum atomic E-state index is -1.54. The molecule has 2 heterocycles. The number of aromatic nitrogens is 2. The van der Waals surface area contributed by atoms with Crippen molar-refractivity contribution in [2.75, 3.05) is 13.2 Å². The number of amides is 1. The van der Waals surface area contributed by atoms with Crippen molar-refractivity contribution in [3.05, 3.63) is 82.5 Å². The number of nitrogens with zero attached hydrogens (tertiary/aromatic N) is 1. The van der Waals surface area contributed by atoms with Crippen LogP contribution < -0.4 is 10.1 Å². The van der Waals surface area contributed by atoms with Crippen LogP contribution in [0.25, 0.3) is 0 Å². The van der Waals surface area contributed by atoms with Crippen LogP contribution in [0.15, 0.2) is 54.6 Å². The van der Waals surface area contributed by atoms with E-state index in [1.807, 2.05) is 44.2 Å². The molecule has 1 amide bonds. The van der Waals surface area contributed by atoms with Gasteiger partial charge in [-0.25, -0.2) is 0 Å². The van der Waals surface area contributed by atoms with Crippen LogP contribution in [0.2, 0.25) is 0 Å². The van der Waals surface area contributed by atoms with Crippen LogP contribution >= 0.6 is 0 Å². The van der Waals surface area contributed by atoms with E-state index in [9.17, 15) is 25.2 Å². The van der Waals surface area contributed by atoms with Gasteiger partial charge in [0.05, 0.1) is 6.61 Å². The standard InChI is InChI=1S/C31H41N3O7/c1-19(2)26-23(30(34-33-26)41-31-29(39)28(38)27(37)24(18-35)40-31)17-22-13-11-21(12-14-22)9-6-10-25(36)32-16-15-20-7-4-3-5-8-20/h3-5,7-8,11-14,19,24,27-29,31,35,37-39H,6,9-10,15-18H2,1-2H3,(H,32,36)(H,33,34)/t24-,27-,28+,29-,31+/m1/s1. The van der Waals surface area contributed by atoms with Crippen molar-refractivity contribution in [1.29, 1.82) is 0 Å². The predicted molar refractivity (Wildman–Crippen MR) is 152 cm³/mol. The molecule has 1 aliphatic rings. The number of nitrogens with one attached hydrogen (secondary N) is 2. The van der Waals surface area contributed by atoms with Crippen LogP contribution in [-0.4, -0.2) is 80.4 Å². The fourth-order valence-corrected chi connectivity index (χ4v) is 4.94. The summed E-state index contributed by atoms with van der Waals surface area (Å²) in [5, 5.41) is 50.3. The van der Waals surface area contributed by atoms with E-state index < -0.39 is 37.3 Å². The Kier molecular flexibility index (Phi) is 10.9. The molecule has 2 aromatic carbocycles. The summed E-state index contributed by atoms with van der Waals surface area (Å²) in [7, 11) is 0. The second-order valence-electron chi connectivity index (χ2n) is 10.8. The maximum absolute atomic E-state index is 12.2. The number of carbonyl (C=O) groups is 1. The highest BCUT2D eigenvalue weighted by atomic mass is 16.7. The summed E-state index contributed by atoms with van der Waals surface area (Å²) in [5.41, 5.74) is 5.02. The van der Waals surface area contributed by atoms with Crippen molar-refractivity contribution < 1.29 is 34.7 Å². The summed E-state index contributed by atoms with van der Waals surface area (Å²) in [4.78, 5) is 12.2. The van der Waals surface area contributed by atoms with Crippen molar-refractivity contribution in [2.24, 2.45) is 0 Å². The average molecular weight is 568 g/mol. The first-order valence-corrected chi connectivity index (χ1v) is 14.2. The second kappa shape index (κ2) is 14.6. The van der Waals surface area contributed by atoms with Gasteiger partial charge in [-0.15, -0.1) is 5.10 Å². The Hall–Kier alpha value is -3.28. The van der Waals surface area contributed by atoms with Gasteiger partial charge in [-0.2, -0.15) is 0 Å². The van der Waals surface area contributed by atoms with Crippen LogP contribution in [-0.2, 0) is 28.8 Å². The van der Waals surface area contributed by atoms with Gasteiger partial charge in [0, 0.05) is 30.6 Å². The van der Waals surface area contributed by atoms with E-state index in [1.54, 1.807) is 0 Å². The Balaban J connectivity index is 1.31. The minimum Gasteiger partial charge on any atom is -0.443 e. The maximum Gasteiger partial charge on any atom is 0.238 e. The Bertz CT molecular complexity index is 1230. The smallest absolute Gasteiger partial charge is 0.238 e. The molecular formula is C31H41N3O7. The van der Waals surface area contributed by atoms with Crippen molar-refractivity contribution >= 4 is 5.91 Å². The number of H-pyrrole nitrogens is 1. The summed E-state index contributed by atoms with van der Waals surface area (Å²) in [6.45, 7) is 4.14. The lowest BCUT2D eigenvalue weighted by Crippen LogP contribution is -2.60. The van der Waals surface area contributed by atoms with Gasteiger partial charge < -0.3 is 35.2 Å². The van der Waals surface area contributed by atoms with Gasteiger partial charge in [-0.3, -0.25) is 9.89 Å². The van der Waals surface area contributed by atoms with Gasteiger partial charge in [0.25, 0.3) is 0 Å². The first-order chi connectivity index (χ1) is 19.8. The van der Waals surface area contributed by atoms with E-state index in [1.165, 1.54) is 5.56 Å². The molecule has 0 aliphatic carbocycles. The quantitative estimate of drug-likeness (QED) is 0.183. The summed E-state index contributed by atoms with van der Waals surface area (Å²) < 4.78 is 11.4. The predicted octanol–water partition coefficient (Wildman–Crippen LogP) is 1.98. The van der Waals surface area contributed by atoms with Gasteiger partial charge in [-0.05, 0) is 41.9 Å². The summed E-state index contributed by atoms with van der Waals surface area (Å²) in [5.74, 6) is 0.397. The highest BCUT2D eigenvalue weighted by Gasteiger charge is 2.45. The lowest BCUT2D eigenvalue weighted by Gasteiger charge is -2.39. The average Bonchev–Trinajstić information content (AvgIpc) is 3.37. The van der Waals surface area contributed by atoms with Crippen LogP contribution in [0.4, 0.5) is 0 Å². The highest BCUT2D eigenvalue weighted by molar-refractivity contribution is 5.75. The molecular weight excluding hydrogens is 526 g/mol. The van der Waals surface area contributed by atoms with Crippen molar-refractivity contribution in [2.45, 2.75) is 82.6 Å². The third-order valence-electron chi connectivity index (χ3n) is 7.37. The van der Waals surface area contributed by atoms with E-state index in [-0.39, 0.29) is 17.7 Å². The molecule has 0 unspecified atom stereocenters. The molecule has 1 saturated heterocycles. The number of aliphatic hydroxyl groups is 4. The molecule has 4 rings (SSSR count). The summed E-state index contributed by atoms with van der Waals surface area (Å²) in [6, 6.07) is 18.3. The molecule has 41 heavy (non-hydrogen) atoms. The van der Waals surface area contributed by atoms with Gasteiger partial charge in [0.2, 0.25) is 18.1 Å². The molecule has 0 spiro atoms. The van der Waals surface area contributed by atoms with Crippen LogP contribution in [0.3, 0.4) is 0 Å². The normalized spacial score (nSPS) is 22.6. The van der Waals surface area contributed by atoms with E-state index in [4.69, 9.17) is 9.47 Å². The van der Waals surface area contributed by atoms with Gasteiger partial charge in [-0.1, -0.05) is 68.4 Å². The van der Waals surface area contributed by atoms with Crippen molar-refractivity contribution in [3.63, 3.8) is 0 Å². The van der Waals surface area contributed by atoms with Gasteiger partial charge in [0.15, 0.2) is 0 Å². The highest BCUT2D eigenvalue weighted by Crippen LogP contribution is 2.31. The first kappa shape index (κ1) is 30.7. The number of ether oxygens (including phenoxy) is 2. The zero-order chi connectivity index (χ0) is 29.4. The Morgan fingerprint density at radius 1 is 0.976 bits per heavy atom. The van der Waals surface area contributed by atoms with Crippen LogP contribution in [0, 0.1) is 0 Å². The number of aliphatic hydroxyl groups excluding tert-OH is 4. The fraction of sp³-hybridized carbons (Fsp3) is 0.484. The third kappa shape index (κ3) is 8.15. The number of hydrogen-bond acceptors (Lipinski definition) is 8. The zero-order valence-corrected chi connectivity index (χ0v) is 23.6. The van der Waals surface area contributed by atoms with E-state index >= 15 is 0 Å². The number of carbonyl (C=O) groups excluding carboxylic acids is 1. The molecule has 1 aliphatic heterocycles. The van der Waals surface area contributed by atoms with Crippen molar-refractivity contribution in [1.82, 2.24) is 15.5 Å². The molecule has 0 saturated carbocycles. The van der Waals surface area contributed by atoms with Gasteiger partial charge >= 0.3 is 0 Å². The molecule has 0 radical (unpaired) electrons. The molecule has 1 aromatic heterocycles. The Morgan fingerprint density at radius 3 is 2.34 bits per heavy atom. The van der Waals surface area contributed by atoms with Gasteiger partial charge in [0.1, 0.15) is 24.4 Å². The van der Waals surface area contributed by atoms with E-state index in [0.29, 0.717) is 19.4 Å². The number of rotatable bonds is 13.